The molecule has 6 rings (SSSR count). The summed E-state index contributed by atoms with van der Waals surface area (Å²) in [6.45, 7) is 6.85. The van der Waals surface area contributed by atoms with Gasteiger partial charge in [-0.25, -0.2) is 0 Å². The summed E-state index contributed by atoms with van der Waals surface area (Å²) >= 11 is 0. The molecule has 6 nitrogen and oxygen atoms in total. The molecule has 3 heterocycles. The lowest BCUT2D eigenvalue weighted by Gasteiger charge is -2.46. The molecule has 3 atom stereocenters. The molecule has 43 heavy (non-hydrogen) atoms. The Morgan fingerprint density at radius 3 is 2.42 bits per heavy atom. The quantitative estimate of drug-likeness (QED) is 0.282. The Labute approximate surface area is 249 Å². The van der Waals surface area contributed by atoms with Crippen LogP contribution in [0.25, 0.3) is 11.3 Å². The van der Waals surface area contributed by atoms with E-state index in [4.69, 9.17) is 9.15 Å². The van der Waals surface area contributed by atoms with Gasteiger partial charge in [0, 0.05) is 30.3 Å². The molecule has 1 saturated carbocycles. The SMILES string of the molecule is Cc1ccc(-c2ccc(OC(F)(F)F)c(C(C)N3CCC4(CCc5ccc(C(C6CC6)C(C)C(=O)O)cc5O4)CC3)c2)o1. The highest BCUT2D eigenvalue weighted by molar-refractivity contribution is 5.71. The van der Waals surface area contributed by atoms with Crippen molar-refractivity contribution in [1.29, 1.82) is 0 Å². The second-order valence-electron chi connectivity index (χ2n) is 12.6. The molecule has 1 aromatic heterocycles. The second kappa shape index (κ2) is 11.2. The van der Waals surface area contributed by atoms with E-state index in [-0.39, 0.29) is 23.3 Å². The summed E-state index contributed by atoms with van der Waals surface area (Å²) in [4.78, 5) is 14.0. The molecular formula is C34H38F3NO5. The highest BCUT2D eigenvalue weighted by atomic mass is 19.4. The first kappa shape index (κ1) is 29.6. The smallest absolute Gasteiger partial charge is 0.487 e. The van der Waals surface area contributed by atoms with Gasteiger partial charge in [0.25, 0.3) is 0 Å². The van der Waals surface area contributed by atoms with Gasteiger partial charge in [0.2, 0.25) is 0 Å². The third-order valence-electron chi connectivity index (χ3n) is 9.68. The Balaban J connectivity index is 1.19. The number of ether oxygens (including phenoxy) is 2. The van der Waals surface area contributed by atoms with Crippen LogP contribution in [-0.4, -0.2) is 41.0 Å². The van der Waals surface area contributed by atoms with E-state index in [1.165, 1.54) is 6.07 Å². The number of fused-ring (bicyclic) bond motifs is 1. The van der Waals surface area contributed by atoms with Gasteiger partial charge in [-0.05, 0) is 112 Å². The van der Waals surface area contributed by atoms with Crippen LogP contribution in [0.15, 0.2) is 52.9 Å². The van der Waals surface area contributed by atoms with Crippen LogP contribution < -0.4 is 9.47 Å². The molecule has 0 bridgehead atoms. The largest absolute Gasteiger partial charge is 0.573 e. The van der Waals surface area contributed by atoms with E-state index in [0.29, 0.717) is 35.9 Å². The van der Waals surface area contributed by atoms with Gasteiger partial charge in [-0.3, -0.25) is 9.69 Å². The number of rotatable bonds is 8. The zero-order chi connectivity index (χ0) is 30.5. The Kier molecular flexibility index (Phi) is 7.73. The standard InChI is InChI=1S/C34H38F3NO5/c1-20-4-10-28(41-20)25-9-11-29(43-34(35,36)37)27(18-25)22(3)38-16-14-33(15-17-38)13-12-23-5-8-26(19-30(23)42-33)31(24-6-7-24)21(2)32(39)40/h4-5,8-11,18-19,21-22,24,31H,6-7,12-17H2,1-3H3,(H,39,40). The monoisotopic (exact) mass is 597 g/mol. The molecule has 2 aliphatic heterocycles. The first-order valence-electron chi connectivity index (χ1n) is 15.2. The number of alkyl halides is 3. The maximum absolute atomic E-state index is 13.3. The average Bonchev–Trinajstić information content (AvgIpc) is 3.70. The third-order valence-corrected chi connectivity index (χ3v) is 9.68. The molecule has 1 spiro atoms. The number of hydrogen-bond donors (Lipinski definition) is 1. The minimum Gasteiger partial charge on any atom is -0.487 e. The van der Waals surface area contributed by atoms with E-state index in [0.717, 1.165) is 61.2 Å². The molecule has 2 aromatic carbocycles. The van der Waals surface area contributed by atoms with Crippen molar-refractivity contribution in [1.82, 2.24) is 4.90 Å². The number of carboxylic acid groups (broad SMARTS) is 1. The molecule has 3 aliphatic rings. The maximum atomic E-state index is 13.3. The zero-order valence-electron chi connectivity index (χ0n) is 24.7. The first-order valence-corrected chi connectivity index (χ1v) is 15.2. The minimum atomic E-state index is -4.80. The number of nitrogens with zero attached hydrogens (tertiary/aromatic N) is 1. The third kappa shape index (κ3) is 6.28. The molecule has 3 aromatic rings. The summed E-state index contributed by atoms with van der Waals surface area (Å²) in [6.07, 6.45) is 0.537. The number of carboxylic acids is 1. The van der Waals surface area contributed by atoms with Gasteiger partial charge in [0.15, 0.2) is 0 Å². The van der Waals surface area contributed by atoms with E-state index < -0.39 is 18.2 Å². The number of benzene rings is 2. The summed E-state index contributed by atoms with van der Waals surface area (Å²) in [6, 6.07) is 14.2. The van der Waals surface area contributed by atoms with Gasteiger partial charge >= 0.3 is 12.3 Å². The number of furan rings is 1. The zero-order valence-corrected chi connectivity index (χ0v) is 24.7. The van der Waals surface area contributed by atoms with Crippen LogP contribution in [0.3, 0.4) is 0 Å². The Hall–Kier alpha value is -3.46. The van der Waals surface area contributed by atoms with Crippen molar-refractivity contribution in [3.63, 3.8) is 0 Å². The Bertz CT molecular complexity index is 1490. The molecule has 9 heteroatoms. The average molecular weight is 598 g/mol. The normalized spacial score (nSPS) is 20.6. The lowest BCUT2D eigenvalue weighted by atomic mass is 9.80. The van der Waals surface area contributed by atoms with Crippen LogP contribution >= 0.6 is 0 Å². The van der Waals surface area contributed by atoms with Gasteiger partial charge in [-0.1, -0.05) is 19.1 Å². The molecule has 0 radical (unpaired) electrons. The number of halogens is 3. The number of likely N-dealkylation sites (tertiary alicyclic amines) is 1. The fourth-order valence-electron chi connectivity index (χ4n) is 7.01. The lowest BCUT2D eigenvalue weighted by molar-refractivity contribution is -0.275. The summed E-state index contributed by atoms with van der Waals surface area (Å²) in [5, 5.41) is 9.72. The second-order valence-corrected chi connectivity index (χ2v) is 12.6. The Morgan fingerprint density at radius 1 is 1.05 bits per heavy atom. The van der Waals surface area contributed by atoms with Gasteiger partial charge in [0.05, 0.1) is 5.92 Å². The number of aliphatic carboxylic acids is 1. The van der Waals surface area contributed by atoms with Crippen LogP contribution in [0.1, 0.15) is 80.4 Å². The fraction of sp³-hybridized carbons (Fsp3) is 0.500. The van der Waals surface area contributed by atoms with Gasteiger partial charge < -0.3 is 19.0 Å². The highest BCUT2D eigenvalue weighted by Gasteiger charge is 2.43. The van der Waals surface area contributed by atoms with Crippen molar-refractivity contribution < 1.29 is 37.0 Å². The first-order chi connectivity index (χ1) is 20.4. The Morgan fingerprint density at radius 2 is 1.79 bits per heavy atom. The molecule has 1 aliphatic carbocycles. The van der Waals surface area contributed by atoms with Crippen LogP contribution in [0.4, 0.5) is 13.2 Å². The highest BCUT2D eigenvalue weighted by Crippen LogP contribution is 2.49. The van der Waals surface area contributed by atoms with Crippen molar-refractivity contribution >= 4 is 5.97 Å². The number of piperidine rings is 1. The van der Waals surface area contributed by atoms with E-state index >= 15 is 0 Å². The molecule has 1 N–H and O–H groups in total. The van der Waals surface area contributed by atoms with E-state index in [9.17, 15) is 23.1 Å². The van der Waals surface area contributed by atoms with Crippen LogP contribution in [-0.2, 0) is 11.2 Å². The van der Waals surface area contributed by atoms with E-state index in [1.807, 2.05) is 26.0 Å². The van der Waals surface area contributed by atoms with Crippen molar-refractivity contribution in [3.05, 3.63) is 71.0 Å². The molecule has 230 valence electrons. The summed E-state index contributed by atoms with van der Waals surface area (Å²) in [5.74, 6) is 1.09. The van der Waals surface area contributed by atoms with Gasteiger partial charge in [0.1, 0.15) is 28.6 Å². The number of aryl methyl sites for hydroxylation is 2. The molecule has 0 amide bonds. The van der Waals surface area contributed by atoms with Crippen LogP contribution in [0, 0.1) is 18.8 Å². The maximum Gasteiger partial charge on any atom is 0.573 e. The summed E-state index contributed by atoms with van der Waals surface area (Å²) in [7, 11) is 0. The van der Waals surface area contributed by atoms with Crippen molar-refractivity contribution in [2.24, 2.45) is 11.8 Å². The van der Waals surface area contributed by atoms with Crippen LogP contribution in [0.2, 0.25) is 0 Å². The predicted molar refractivity (Wildman–Crippen MR) is 155 cm³/mol. The van der Waals surface area contributed by atoms with E-state index in [2.05, 4.69) is 27.8 Å². The topological polar surface area (TPSA) is 72.1 Å². The van der Waals surface area contributed by atoms with Crippen LogP contribution in [0.5, 0.6) is 11.5 Å². The van der Waals surface area contributed by atoms with Crippen molar-refractivity contribution in [3.8, 4) is 22.8 Å². The van der Waals surface area contributed by atoms with Crippen molar-refractivity contribution in [2.45, 2.75) is 83.2 Å². The summed E-state index contributed by atoms with van der Waals surface area (Å²) < 4.78 is 56.9. The molecule has 1 saturated heterocycles. The molecule has 3 unspecified atom stereocenters. The number of hydrogen-bond acceptors (Lipinski definition) is 5. The van der Waals surface area contributed by atoms with Gasteiger partial charge in [-0.2, -0.15) is 0 Å². The molecule has 2 fully saturated rings. The minimum absolute atomic E-state index is 0.0269. The lowest BCUT2D eigenvalue weighted by Crippen LogP contribution is -2.50. The van der Waals surface area contributed by atoms with E-state index in [1.54, 1.807) is 19.1 Å². The predicted octanol–water partition coefficient (Wildman–Crippen LogP) is 8.29. The molecular weight excluding hydrogens is 559 g/mol. The number of carbonyl (C=O) groups is 1. The van der Waals surface area contributed by atoms with Crippen molar-refractivity contribution in [2.75, 3.05) is 13.1 Å². The van der Waals surface area contributed by atoms with Gasteiger partial charge in [-0.15, -0.1) is 13.2 Å². The fourth-order valence-corrected chi connectivity index (χ4v) is 7.01. The summed E-state index contributed by atoms with van der Waals surface area (Å²) in [5.41, 5.74) is 2.97.